The van der Waals surface area contributed by atoms with Crippen molar-refractivity contribution in [3.63, 3.8) is 0 Å². The monoisotopic (exact) mass is 607 g/mol. The van der Waals surface area contributed by atoms with Crippen LogP contribution in [0.5, 0.6) is 0 Å². The van der Waals surface area contributed by atoms with Crippen molar-refractivity contribution in [3.8, 4) is 11.3 Å². The molecule has 1 fully saturated rings. The Kier molecular flexibility index (Phi) is 8.27. The quantitative estimate of drug-likeness (QED) is 0.191. The van der Waals surface area contributed by atoms with E-state index in [1.807, 2.05) is 19.9 Å². The van der Waals surface area contributed by atoms with E-state index in [4.69, 9.17) is 0 Å². The van der Waals surface area contributed by atoms with Gasteiger partial charge in [0.2, 0.25) is 5.91 Å². The molecule has 0 aliphatic carbocycles. The minimum atomic E-state index is -0.0181. The molecule has 0 radical (unpaired) electrons. The number of hydrogen-bond acceptors (Lipinski definition) is 2. The first-order valence-electron chi connectivity index (χ1n) is 14.9. The molecule has 5 aromatic rings. The zero-order valence-electron chi connectivity index (χ0n) is 23.9. The average Bonchev–Trinajstić information content (AvgIpc) is 3.36. The summed E-state index contributed by atoms with van der Waals surface area (Å²) >= 11 is 3.81. The van der Waals surface area contributed by atoms with Crippen LogP contribution in [0.15, 0.2) is 95.5 Å². The molecule has 1 aliphatic heterocycles. The first kappa shape index (κ1) is 27.7. The second kappa shape index (κ2) is 12.2. The third-order valence-corrected chi connectivity index (χ3v) is 9.22. The van der Waals surface area contributed by atoms with Crippen LogP contribution >= 0.6 is 15.9 Å². The highest BCUT2D eigenvalue weighted by Gasteiger charge is 2.21. The second-order valence-electron chi connectivity index (χ2n) is 11.6. The van der Waals surface area contributed by atoms with Gasteiger partial charge in [0.15, 0.2) is 0 Å². The molecule has 0 atom stereocenters. The van der Waals surface area contributed by atoms with E-state index in [1.165, 1.54) is 38.5 Å². The molecule has 1 N–H and O–H groups in total. The van der Waals surface area contributed by atoms with Crippen LogP contribution in [0.3, 0.4) is 0 Å². The van der Waals surface area contributed by atoms with Crippen molar-refractivity contribution in [2.24, 2.45) is 5.92 Å². The van der Waals surface area contributed by atoms with Gasteiger partial charge in [0.05, 0.1) is 11.2 Å². The number of nitrogens with one attached hydrogen (secondary N) is 1. The number of carbonyl (C=O) groups excluding carboxylic acids is 1. The van der Waals surface area contributed by atoms with Crippen molar-refractivity contribution >= 4 is 49.2 Å². The molecule has 1 amide bonds. The molecule has 1 aliphatic rings. The number of halogens is 1. The number of fused-ring (bicyclic) bond motifs is 3. The van der Waals surface area contributed by atoms with Crippen LogP contribution in [-0.2, 0) is 11.3 Å². The molecule has 0 bridgehead atoms. The first-order valence-corrected chi connectivity index (χ1v) is 15.7. The van der Waals surface area contributed by atoms with Gasteiger partial charge >= 0.3 is 0 Å². The molecule has 2 heterocycles. The van der Waals surface area contributed by atoms with Crippen molar-refractivity contribution in [3.05, 3.63) is 101 Å². The number of hydrogen-bond donors (Lipinski definition) is 1. The molecular formula is C36H38BrN3O. The highest BCUT2D eigenvalue weighted by atomic mass is 79.9. The highest BCUT2D eigenvalue weighted by Crippen LogP contribution is 2.36. The zero-order chi connectivity index (χ0) is 28.3. The molecule has 0 unspecified atom stereocenters. The lowest BCUT2D eigenvalue weighted by molar-refractivity contribution is -0.118. The maximum Gasteiger partial charge on any atom is 0.226 e. The summed E-state index contributed by atoms with van der Waals surface area (Å²) in [7, 11) is 0. The lowest BCUT2D eigenvalue weighted by atomic mass is 9.89. The van der Waals surface area contributed by atoms with Gasteiger partial charge in [-0.2, -0.15) is 0 Å². The largest absolute Gasteiger partial charge is 0.340 e. The predicted octanol–water partition coefficient (Wildman–Crippen LogP) is 9.09. The number of carbonyl (C=O) groups is 1. The summed E-state index contributed by atoms with van der Waals surface area (Å²) < 4.78 is 3.67. The Morgan fingerprint density at radius 2 is 1.63 bits per heavy atom. The Bertz CT molecular complexity index is 1680. The first-order chi connectivity index (χ1) is 20.0. The van der Waals surface area contributed by atoms with E-state index in [-0.39, 0.29) is 11.8 Å². The number of amides is 1. The van der Waals surface area contributed by atoms with E-state index in [2.05, 4.69) is 116 Å². The maximum atomic E-state index is 12.2. The van der Waals surface area contributed by atoms with E-state index in [1.54, 1.807) is 0 Å². The summed E-state index contributed by atoms with van der Waals surface area (Å²) in [5, 5.41) is 6.95. The number of likely N-dealkylation sites (tertiary alicyclic amines) is 1. The fraction of sp³-hybridized carbons (Fsp3) is 0.306. The second-order valence-corrected chi connectivity index (χ2v) is 12.5. The summed E-state index contributed by atoms with van der Waals surface area (Å²) in [6.07, 6.45) is 3.41. The van der Waals surface area contributed by atoms with Crippen LogP contribution in [0.4, 0.5) is 5.69 Å². The molecular weight excluding hydrogens is 570 g/mol. The van der Waals surface area contributed by atoms with Crippen LogP contribution in [-0.4, -0.2) is 35.0 Å². The summed E-state index contributed by atoms with van der Waals surface area (Å²) in [5.41, 5.74) is 6.09. The van der Waals surface area contributed by atoms with Gasteiger partial charge in [-0.3, -0.25) is 4.79 Å². The summed E-state index contributed by atoms with van der Waals surface area (Å²) in [6, 6.07) is 32.6. The Morgan fingerprint density at radius 1 is 0.878 bits per heavy atom. The summed E-state index contributed by atoms with van der Waals surface area (Å²) in [5.74, 6) is 0.600. The van der Waals surface area contributed by atoms with E-state index in [9.17, 15) is 4.79 Å². The molecule has 4 nitrogen and oxygen atoms in total. The van der Waals surface area contributed by atoms with Gasteiger partial charge in [0, 0.05) is 39.0 Å². The van der Waals surface area contributed by atoms with E-state index >= 15 is 0 Å². The molecule has 4 aromatic carbocycles. The summed E-state index contributed by atoms with van der Waals surface area (Å²) in [6.45, 7) is 8.15. The maximum absolute atomic E-state index is 12.2. The predicted molar refractivity (Wildman–Crippen MR) is 176 cm³/mol. The van der Waals surface area contributed by atoms with Gasteiger partial charge in [-0.1, -0.05) is 96.5 Å². The number of aryl methyl sites for hydroxylation is 1. The number of benzene rings is 4. The fourth-order valence-corrected chi connectivity index (χ4v) is 6.75. The minimum Gasteiger partial charge on any atom is -0.340 e. The molecule has 5 heteroatoms. The number of nitrogens with zero attached hydrogens (tertiary/aromatic N) is 2. The Hall–Kier alpha value is -3.41. The van der Waals surface area contributed by atoms with E-state index in [0.29, 0.717) is 5.92 Å². The van der Waals surface area contributed by atoms with Crippen LogP contribution in [0, 0.1) is 5.92 Å². The topological polar surface area (TPSA) is 37.3 Å². The Morgan fingerprint density at radius 3 is 2.44 bits per heavy atom. The highest BCUT2D eigenvalue weighted by molar-refractivity contribution is 9.10. The normalized spacial score (nSPS) is 14.7. The van der Waals surface area contributed by atoms with Crippen molar-refractivity contribution in [1.29, 1.82) is 0 Å². The minimum absolute atomic E-state index is 0.0181. The molecule has 41 heavy (non-hydrogen) atoms. The van der Waals surface area contributed by atoms with Gasteiger partial charge in [0.25, 0.3) is 0 Å². The smallest absolute Gasteiger partial charge is 0.226 e. The molecule has 210 valence electrons. The molecule has 1 aromatic heterocycles. The molecule has 0 spiro atoms. The van der Waals surface area contributed by atoms with Crippen LogP contribution in [0.2, 0.25) is 0 Å². The standard InChI is InChI=1S/C36H38BrN3O/c1-25(2)36(41)38-30-11-7-10-28(23-30)26-17-21-39(22-18-26)19-8-20-40-34(32-13-5-6-14-33(32)37)24-29-16-15-27-9-3-4-12-31(27)35(29)40/h3-7,9-16,23-26H,8,17-22H2,1-2H3,(H,38,41). The van der Waals surface area contributed by atoms with Gasteiger partial charge in [-0.05, 0) is 80.0 Å². The van der Waals surface area contributed by atoms with Gasteiger partial charge in [-0.25, -0.2) is 0 Å². The number of aromatic nitrogens is 1. The van der Waals surface area contributed by atoms with Crippen molar-refractivity contribution < 1.29 is 4.79 Å². The van der Waals surface area contributed by atoms with Gasteiger partial charge < -0.3 is 14.8 Å². The van der Waals surface area contributed by atoms with Crippen molar-refractivity contribution in [2.45, 2.75) is 45.6 Å². The number of anilines is 1. The number of rotatable bonds is 8. The fourth-order valence-electron chi connectivity index (χ4n) is 6.26. The Labute approximate surface area is 251 Å². The molecule has 0 saturated carbocycles. The van der Waals surface area contributed by atoms with Gasteiger partial charge in [-0.15, -0.1) is 0 Å². The lowest BCUT2D eigenvalue weighted by Gasteiger charge is -2.32. The zero-order valence-corrected chi connectivity index (χ0v) is 25.5. The van der Waals surface area contributed by atoms with E-state index < -0.39 is 0 Å². The van der Waals surface area contributed by atoms with Gasteiger partial charge in [0.1, 0.15) is 0 Å². The van der Waals surface area contributed by atoms with Crippen molar-refractivity contribution in [1.82, 2.24) is 9.47 Å². The third-order valence-electron chi connectivity index (χ3n) is 8.53. The molecule has 6 rings (SSSR count). The SMILES string of the molecule is CC(C)C(=O)Nc1cccc(C2CCN(CCCn3c(-c4ccccc4Br)cc4ccc5ccccc5c43)CC2)c1. The van der Waals surface area contributed by atoms with Crippen LogP contribution in [0.1, 0.15) is 44.6 Å². The van der Waals surface area contributed by atoms with Crippen molar-refractivity contribution in [2.75, 3.05) is 25.0 Å². The lowest BCUT2D eigenvalue weighted by Crippen LogP contribution is -2.34. The average molecular weight is 609 g/mol. The molecule has 1 saturated heterocycles. The third kappa shape index (κ3) is 5.98. The number of piperidine rings is 1. The summed E-state index contributed by atoms with van der Waals surface area (Å²) in [4.78, 5) is 14.8. The Balaban J connectivity index is 1.15. The van der Waals surface area contributed by atoms with E-state index in [0.717, 1.165) is 55.6 Å². The van der Waals surface area contributed by atoms with Crippen LogP contribution < -0.4 is 5.32 Å². The van der Waals surface area contributed by atoms with Crippen LogP contribution in [0.25, 0.3) is 32.9 Å².